The first-order chi connectivity index (χ1) is 13.0. The maximum atomic E-state index is 14.8. The van der Waals surface area contributed by atoms with Crippen molar-refractivity contribution in [2.75, 3.05) is 0 Å². The standard InChI is InChI=1S/C21H29BrFN3O2/c1-7-17-18(8-2)26(13-24-17)12-21(6,25-19(27)28-20(3,4)5)15-11-14(22)9-10-16(15)23/h9-11,13H,7-8,12H2,1-6H3,(H,25,27)/t21-/m0/s1. The van der Waals surface area contributed by atoms with Crippen LogP contribution in [0.1, 0.15) is 58.5 Å². The molecule has 0 aliphatic heterocycles. The number of aromatic nitrogens is 2. The van der Waals surface area contributed by atoms with Crippen LogP contribution in [0.4, 0.5) is 9.18 Å². The van der Waals surface area contributed by atoms with Crippen molar-refractivity contribution in [2.24, 2.45) is 0 Å². The summed E-state index contributed by atoms with van der Waals surface area (Å²) in [5, 5.41) is 2.89. The van der Waals surface area contributed by atoms with Crippen LogP contribution in [0, 0.1) is 5.82 Å². The van der Waals surface area contributed by atoms with Crippen LogP contribution >= 0.6 is 15.9 Å². The zero-order valence-electron chi connectivity index (χ0n) is 17.4. The van der Waals surface area contributed by atoms with E-state index < -0.39 is 23.1 Å². The number of carbonyl (C=O) groups is 1. The first-order valence-corrected chi connectivity index (χ1v) is 10.3. The van der Waals surface area contributed by atoms with Crippen LogP contribution in [-0.4, -0.2) is 21.2 Å². The third-order valence-electron chi connectivity index (χ3n) is 4.49. The average molecular weight is 454 g/mol. The second-order valence-electron chi connectivity index (χ2n) is 8.06. The normalized spacial score (nSPS) is 13.9. The molecule has 0 saturated carbocycles. The minimum atomic E-state index is -1.04. The van der Waals surface area contributed by atoms with Gasteiger partial charge in [0, 0.05) is 15.7 Å². The van der Waals surface area contributed by atoms with Crippen LogP contribution in [0.5, 0.6) is 0 Å². The number of rotatable bonds is 6. The average Bonchev–Trinajstić information content (AvgIpc) is 2.96. The number of hydrogen-bond donors (Lipinski definition) is 1. The summed E-state index contributed by atoms with van der Waals surface area (Å²) in [6.07, 6.45) is 2.77. The molecule has 7 heteroatoms. The van der Waals surface area contributed by atoms with Crippen LogP contribution in [0.3, 0.4) is 0 Å². The van der Waals surface area contributed by atoms with E-state index in [1.807, 2.05) is 4.57 Å². The molecule has 0 radical (unpaired) electrons. The Morgan fingerprint density at radius 3 is 2.50 bits per heavy atom. The molecule has 0 fully saturated rings. The number of nitrogens with zero attached hydrogens (tertiary/aromatic N) is 2. The second-order valence-corrected chi connectivity index (χ2v) is 8.97. The number of benzene rings is 1. The summed E-state index contributed by atoms with van der Waals surface area (Å²) < 4.78 is 22.9. The van der Waals surface area contributed by atoms with Gasteiger partial charge in [-0.2, -0.15) is 0 Å². The molecule has 0 saturated heterocycles. The number of ether oxygens (including phenoxy) is 1. The van der Waals surface area contributed by atoms with Gasteiger partial charge >= 0.3 is 6.09 Å². The molecule has 0 unspecified atom stereocenters. The van der Waals surface area contributed by atoms with E-state index in [1.165, 1.54) is 6.07 Å². The molecule has 2 rings (SSSR count). The van der Waals surface area contributed by atoms with E-state index >= 15 is 0 Å². The number of carbonyl (C=O) groups excluding carboxylic acids is 1. The smallest absolute Gasteiger partial charge is 0.408 e. The van der Waals surface area contributed by atoms with Crippen molar-refractivity contribution in [1.82, 2.24) is 14.9 Å². The zero-order valence-corrected chi connectivity index (χ0v) is 19.0. The number of hydrogen-bond acceptors (Lipinski definition) is 3. The Kier molecular flexibility index (Phi) is 6.91. The van der Waals surface area contributed by atoms with Gasteiger partial charge in [-0.05, 0) is 58.7 Å². The predicted molar refractivity (Wildman–Crippen MR) is 112 cm³/mol. The molecule has 5 nitrogen and oxygen atoms in total. The molecule has 154 valence electrons. The number of halogens is 2. The zero-order chi connectivity index (χ0) is 21.1. The molecule has 1 atom stereocenters. The molecule has 0 spiro atoms. The molecule has 1 aromatic carbocycles. The topological polar surface area (TPSA) is 56.2 Å². The van der Waals surface area contributed by atoms with Crippen LogP contribution in [0.2, 0.25) is 0 Å². The Labute approximate surface area is 174 Å². The molecule has 0 aliphatic carbocycles. The van der Waals surface area contributed by atoms with E-state index in [2.05, 4.69) is 40.1 Å². The van der Waals surface area contributed by atoms with Gasteiger partial charge in [-0.1, -0.05) is 29.8 Å². The Bertz CT molecular complexity index is 845. The largest absolute Gasteiger partial charge is 0.444 e. The van der Waals surface area contributed by atoms with E-state index in [-0.39, 0.29) is 0 Å². The maximum absolute atomic E-state index is 14.8. The SMILES string of the molecule is CCc1ncn(C[C@](C)(NC(=O)OC(C)(C)C)c2cc(Br)ccc2F)c1CC. The number of amides is 1. The Morgan fingerprint density at radius 2 is 1.93 bits per heavy atom. The van der Waals surface area contributed by atoms with Gasteiger partial charge in [0.15, 0.2) is 0 Å². The van der Waals surface area contributed by atoms with E-state index in [0.29, 0.717) is 12.1 Å². The summed E-state index contributed by atoms with van der Waals surface area (Å²) in [7, 11) is 0. The van der Waals surface area contributed by atoms with Gasteiger partial charge < -0.3 is 14.6 Å². The van der Waals surface area contributed by atoms with Crippen molar-refractivity contribution in [3.05, 3.63) is 51.8 Å². The van der Waals surface area contributed by atoms with E-state index in [1.54, 1.807) is 46.2 Å². The Hall–Kier alpha value is -1.89. The van der Waals surface area contributed by atoms with Gasteiger partial charge in [0.2, 0.25) is 0 Å². The molecule has 0 bridgehead atoms. The first kappa shape index (κ1) is 22.4. The van der Waals surface area contributed by atoms with Crippen LogP contribution < -0.4 is 5.32 Å². The molecular weight excluding hydrogens is 425 g/mol. The third kappa shape index (κ3) is 5.34. The highest BCUT2D eigenvalue weighted by Gasteiger charge is 2.34. The maximum Gasteiger partial charge on any atom is 0.408 e. The molecule has 28 heavy (non-hydrogen) atoms. The van der Waals surface area contributed by atoms with Crippen molar-refractivity contribution in [1.29, 1.82) is 0 Å². The van der Waals surface area contributed by atoms with Crippen molar-refractivity contribution < 1.29 is 13.9 Å². The van der Waals surface area contributed by atoms with E-state index in [0.717, 1.165) is 28.7 Å². The predicted octanol–water partition coefficient (Wildman–Crippen LogP) is 5.35. The summed E-state index contributed by atoms with van der Waals surface area (Å²) in [6, 6.07) is 4.72. The lowest BCUT2D eigenvalue weighted by atomic mass is 9.91. The molecule has 1 N–H and O–H groups in total. The lowest BCUT2D eigenvalue weighted by molar-refractivity contribution is 0.0447. The Morgan fingerprint density at radius 1 is 1.25 bits per heavy atom. The van der Waals surface area contributed by atoms with Crippen molar-refractivity contribution in [2.45, 2.75) is 72.1 Å². The molecule has 0 aliphatic rings. The minimum absolute atomic E-state index is 0.329. The number of aryl methyl sites for hydroxylation is 1. The summed E-state index contributed by atoms with van der Waals surface area (Å²) in [6.45, 7) is 11.6. The minimum Gasteiger partial charge on any atom is -0.444 e. The van der Waals surface area contributed by atoms with Gasteiger partial charge in [0.05, 0.1) is 24.1 Å². The van der Waals surface area contributed by atoms with Crippen molar-refractivity contribution in [3.8, 4) is 0 Å². The fourth-order valence-electron chi connectivity index (χ4n) is 3.27. The van der Waals surface area contributed by atoms with Gasteiger partial charge in [-0.25, -0.2) is 14.2 Å². The third-order valence-corrected chi connectivity index (χ3v) is 4.98. The summed E-state index contributed by atoms with van der Waals surface area (Å²) >= 11 is 3.40. The monoisotopic (exact) mass is 453 g/mol. The molecule has 2 aromatic rings. The molecular formula is C21H29BrFN3O2. The quantitative estimate of drug-likeness (QED) is 0.640. The van der Waals surface area contributed by atoms with Gasteiger partial charge in [-0.15, -0.1) is 0 Å². The highest BCUT2D eigenvalue weighted by Crippen LogP contribution is 2.30. The van der Waals surface area contributed by atoms with Gasteiger partial charge in [0.1, 0.15) is 11.4 Å². The highest BCUT2D eigenvalue weighted by molar-refractivity contribution is 9.10. The summed E-state index contributed by atoms with van der Waals surface area (Å²) in [5.74, 6) is -0.393. The van der Waals surface area contributed by atoms with Crippen LogP contribution in [-0.2, 0) is 29.7 Å². The van der Waals surface area contributed by atoms with E-state index in [9.17, 15) is 9.18 Å². The van der Waals surface area contributed by atoms with Gasteiger partial charge in [-0.3, -0.25) is 0 Å². The summed E-state index contributed by atoms with van der Waals surface area (Å²) in [5.41, 5.74) is 0.777. The van der Waals surface area contributed by atoms with Gasteiger partial charge in [0.25, 0.3) is 0 Å². The van der Waals surface area contributed by atoms with Crippen LogP contribution in [0.25, 0.3) is 0 Å². The fraction of sp³-hybridized carbons (Fsp3) is 0.524. The summed E-state index contributed by atoms with van der Waals surface area (Å²) in [4.78, 5) is 17.0. The lowest BCUT2D eigenvalue weighted by Gasteiger charge is -2.34. The molecule has 1 amide bonds. The Balaban J connectivity index is 2.48. The number of nitrogens with one attached hydrogen (secondary N) is 1. The molecule has 1 heterocycles. The highest BCUT2D eigenvalue weighted by atomic mass is 79.9. The van der Waals surface area contributed by atoms with Crippen molar-refractivity contribution in [3.63, 3.8) is 0 Å². The fourth-order valence-corrected chi connectivity index (χ4v) is 3.63. The first-order valence-electron chi connectivity index (χ1n) is 9.48. The number of imidazole rings is 1. The second kappa shape index (κ2) is 8.64. The van der Waals surface area contributed by atoms with E-state index in [4.69, 9.17) is 4.74 Å². The molecule has 1 aromatic heterocycles. The lowest BCUT2D eigenvalue weighted by Crippen LogP contribution is -2.49. The number of alkyl carbamates (subject to hydrolysis) is 1. The van der Waals surface area contributed by atoms with Crippen molar-refractivity contribution >= 4 is 22.0 Å². The van der Waals surface area contributed by atoms with Crippen LogP contribution in [0.15, 0.2) is 29.0 Å².